The van der Waals surface area contributed by atoms with E-state index in [1.54, 1.807) is 7.11 Å². The molecule has 2 fully saturated rings. The van der Waals surface area contributed by atoms with E-state index in [1.165, 1.54) is 22.3 Å². The van der Waals surface area contributed by atoms with Gasteiger partial charge in [0.05, 0.1) is 7.11 Å². The second-order valence-electron chi connectivity index (χ2n) is 9.81. The molecule has 156 valence electrons. The van der Waals surface area contributed by atoms with Crippen LogP contribution in [-0.2, 0) is 4.79 Å². The first-order valence-electron chi connectivity index (χ1n) is 11.2. The predicted octanol–water partition coefficient (Wildman–Crippen LogP) is 4.96. The summed E-state index contributed by atoms with van der Waals surface area (Å²) in [6.07, 6.45) is 13.8. The largest absolute Gasteiger partial charge is 0.497 e. The molecule has 0 spiro atoms. The fourth-order valence-corrected chi connectivity index (χ4v) is 7.04. The molecule has 0 aromatic heterocycles. The van der Waals surface area contributed by atoms with E-state index >= 15 is 0 Å². The Bertz CT molecular complexity index is 992. The number of hydrogen-bond donors (Lipinski definition) is 1. The molecule has 0 amide bonds. The highest BCUT2D eigenvalue weighted by Crippen LogP contribution is 2.66. The van der Waals surface area contributed by atoms with Crippen LogP contribution in [-0.4, -0.2) is 23.6 Å². The number of benzene rings is 1. The van der Waals surface area contributed by atoms with Gasteiger partial charge in [0.2, 0.25) is 0 Å². The summed E-state index contributed by atoms with van der Waals surface area (Å²) in [5.41, 5.74) is 4.11. The number of methoxy groups -OCH3 is 1. The zero-order chi connectivity index (χ0) is 21.1. The topological polar surface area (TPSA) is 46.5 Å². The van der Waals surface area contributed by atoms with Crippen LogP contribution in [0.15, 0.2) is 47.1 Å². The van der Waals surface area contributed by atoms with E-state index < -0.39 is 5.60 Å². The summed E-state index contributed by atoms with van der Waals surface area (Å²) in [4.78, 5) is 12.1. The van der Waals surface area contributed by atoms with E-state index in [0.717, 1.165) is 37.9 Å². The fourth-order valence-electron chi connectivity index (χ4n) is 7.04. The molecule has 2 unspecified atom stereocenters. The summed E-state index contributed by atoms with van der Waals surface area (Å²) in [7, 11) is 1.69. The molecule has 1 N–H and O–H groups in total. The molecule has 30 heavy (non-hydrogen) atoms. The highest BCUT2D eigenvalue weighted by Gasteiger charge is 2.62. The van der Waals surface area contributed by atoms with Crippen LogP contribution < -0.4 is 4.74 Å². The summed E-state index contributed by atoms with van der Waals surface area (Å²) in [5.74, 6) is 4.94. The van der Waals surface area contributed by atoms with Crippen LogP contribution in [0.1, 0.15) is 63.4 Å². The minimum Gasteiger partial charge on any atom is -0.497 e. The van der Waals surface area contributed by atoms with E-state index in [2.05, 4.69) is 25.0 Å². The molecule has 4 aliphatic carbocycles. The highest BCUT2D eigenvalue weighted by atomic mass is 16.5. The molecule has 0 radical (unpaired) electrons. The number of ketones is 1. The third kappa shape index (κ3) is 2.66. The molecule has 0 heterocycles. The standard InChI is InChI=1S/C27H30O3/c1-4-27(29)14-13-24-22-11-7-18-15-19(28)8-12-21(18)25(22)23(16-26(24,27)2)17-5-9-20(30-3)10-6-17/h1,5-6,9-10,15,22-24,29H,7-8,11-14,16H2,2-3H3/t22?,23-,24?,26+,27+/m1/s1. The number of aliphatic hydroxyl groups is 1. The molecule has 2 saturated carbocycles. The molecule has 0 bridgehead atoms. The van der Waals surface area contributed by atoms with Gasteiger partial charge in [-0.2, -0.15) is 0 Å². The van der Waals surface area contributed by atoms with E-state index in [4.69, 9.17) is 11.2 Å². The van der Waals surface area contributed by atoms with Gasteiger partial charge in [0.25, 0.3) is 0 Å². The summed E-state index contributed by atoms with van der Waals surface area (Å²) in [5, 5.41) is 11.4. The average Bonchev–Trinajstić information content (AvgIpc) is 3.04. The van der Waals surface area contributed by atoms with Crippen LogP contribution in [0.2, 0.25) is 0 Å². The van der Waals surface area contributed by atoms with Crippen LogP contribution in [0.3, 0.4) is 0 Å². The molecular formula is C27H30O3. The predicted molar refractivity (Wildman–Crippen MR) is 117 cm³/mol. The third-order valence-corrected chi connectivity index (χ3v) is 8.64. The Morgan fingerprint density at radius 1 is 1.17 bits per heavy atom. The van der Waals surface area contributed by atoms with Gasteiger partial charge in [0.1, 0.15) is 11.4 Å². The van der Waals surface area contributed by atoms with Crippen molar-refractivity contribution in [3.8, 4) is 18.1 Å². The lowest BCUT2D eigenvalue weighted by Gasteiger charge is -2.53. The van der Waals surface area contributed by atoms with Gasteiger partial charge < -0.3 is 9.84 Å². The Labute approximate surface area is 179 Å². The third-order valence-electron chi connectivity index (χ3n) is 8.64. The maximum absolute atomic E-state index is 12.1. The molecule has 0 aliphatic heterocycles. The summed E-state index contributed by atoms with van der Waals surface area (Å²) < 4.78 is 5.38. The first-order chi connectivity index (χ1) is 14.4. The number of ether oxygens (including phenoxy) is 1. The van der Waals surface area contributed by atoms with Crippen LogP contribution >= 0.6 is 0 Å². The average molecular weight is 403 g/mol. The second kappa shape index (κ2) is 6.86. The molecule has 1 aromatic rings. The van der Waals surface area contributed by atoms with Gasteiger partial charge >= 0.3 is 0 Å². The monoisotopic (exact) mass is 402 g/mol. The Balaban J connectivity index is 1.68. The first kappa shape index (κ1) is 19.6. The molecule has 1 aromatic carbocycles. The molecule has 3 nitrogen and oxygen atoms in total. The van der Waals surface area contributed by atoms with Crippen LogP contribution in [0, 0.1) is 29.6 Å². The summed E-state index contributed by atoms with van der Waals surface area (Å²) in [6.45, 7) is 2.22. The molecule has 0 saturated heterocycles. The van der Waals surface area contributed by atoms with Gasteiger partial charge in [-0.15, -0.1) is 6.42 Å². The van der Waals surface area contributed by atoms with Crippen molar-refractivity contribution in [1.82, 2.24) is 0 Å². The van der Waals surface area contributed by atoms with Crippen molar-refractivity contribution in [2.45, 2.75) is 63.4 Å². The number of carbonyl (C=O) groups excluding carboxylic acids is 1. The lowest BCUT2D eigenvalue weighted by Crippen LogP contribution is -2.50. The number of allylic oxidation sites excluding steroid dienone is 4. The zero-order valence-corrected chi connectivity index (χ0v) is 17.9. The van der Waals surface area contributed by atoms with Crippen molar-refractivity contribution in [2.24, 2.45) is 17.3 Å². The van der Waals surface area contributed by atoms with E-state index in [-0.39, 0.29) is 17.1 Å². The number of rotatable bonds is 2. The molecular weight excluding hydrogens is 372 g/mol. The maximum atomic E-state index is 12.1. The van der Waals surface area contributed by atoms with Crippen molar-refractivity contribution in [2.75, 3.05) is 7.11 Å². The lowest BCUT2D eigenvalue weighted by molar-refractivity contribution is -0.114. The molecule has 4 aliphatic rings. The van der Waals surface area contributed by atoms with Crippen molar-refractivity contribution < 1.29 is 14.6 Å². The van der Waals surface area contributed by atoms with Gasteiger partial charge in [-0.05, 0) is 85.3 Å². The highest BCUT2D eigenvalue weighted by molar-refractivity contribution is 5.93. The van der Waals surface area contributed by atoms with Gasteiger partial charge in [-0.3, -0.25) is 4.79 Å². The van der Waals surface area contributed by atoms with Crippen molar-refractivity contribution in [1.29, 1.82) is 0 Å². The smallest absolute Gasteiger partial charge is 0.156 e. The SMILES string of the molecule is C#C[C@]1(O)CCC2C3CCC4=CC(=O)CCC4=C3[C@@H](c3ccc(OC)cc3)C[C@@]21C. The normalized spacial score (nSPS) is 37.6. The fraction of sp³-hybridized carbons (Fsp3) is 0.519. The van der Waals surface area contributed by atoms with Gasteiger partial charge in [-0.1, -0.05) is 30.6 Å². The minimum atomic E-state index is -1.04. The van der Waals surface area contributed by atoms with E-state index in [9.17, 15) is 9.90 Å². The number of hydrogen-bond acceptors (Lipinski definition) is 3. The van der Waals surface area contributed by atoms with Crippen LogP contribution in [0.25, 0.3) is 0 Å². The lowest BCUT2D eigenvalue weighted by atomic mass is 9.51. The molecule has 5 atom stereocenters. The van der Waals surface area contributed by atoms with E-state index in [0.29, 0.717) is 24.7 Å². The van der Waals surface area contributed by atoms with Crippen LogP contribution in [0.5, 0.6) is 5.75 Å². The summed E-state index contributed by atoms with van der Waals surface area (Å²) in [6, 6.07) is 8.37. The summed E-state index contributed by atoms with van der Waals surface area (Å²) >= 11 is 0. The number of carbonyl (C=O) groups is 1. The van der Waals surface area contributed by atoms with Crippen molar-refractivity contribution in [3.63, 3.8) is 0 Å². The number of terminal acetylenes is 1. The van der Waals surface area contributed by atoms with Gasteiger partial charge in [0.15, 0.2) is 5.78 Å². The quantitative estimate of drug-likeness (QED) is 0.712. The van der Waals surface area contributed by atoms with Crippen LogP contribution in [0.4, 0.5) is 0 Å². The van der Waals surface area contributed by atoms with Crippen molar-refractivity contribution in [3.05, 3.63) is 52.6 Å². The Kier molecular flexibility index (Phi) is 4.49. The maximum Gasteiger partial charge on any atom is 0.156 e. The number of fused-ring (bicyclic) bond motifs is 4. The molecule has 3 heteroatoms. The minimum absolute atomic E-state index is 0.215. The van der Waals surface area contributed by atoms with Gasteiger partial charge in [-0.25, -0.2) is 0 Å². The Morgan fingerprint density at radius 2 is 1.93 bits per heavy atom. The van der Waals surface area contributed by atoms with E-state index in [1.807, 2.05) is 18.2 Å². The zero-order valence-electron chi connectivity index (χ0n) is 17.9. The Hall–Kier alpha value is -2.31. The Morgan fingerprint density at radius 3 is 2.63 bits per heavy atom. The van der Waals surface area contributed by atoms with Gasteiger partial charge in [0, 0.05) is 17.8 Å². The van der Waals surface area contributed by atoms with Crippen molar-refractivity contribution >= 4 is 5.78 Å². The second-order valence-corrected chi connectivity index (χ2v) is 9.81. The molecule has 5 rings (SSSR count). The first-order valence-corrected chi connectivity index (χ1v) is 11.2.